The molecule has 1 heterocycles. The number of carbonyl (C=O) groups excluding carboxylic acids is 1. The van der Waals surface area contributed by atoms with Crippen molar-refractivity contribution in [3.63, 3.8) is 0 Å². The summed E-state index contributed by atoms with van der Waals surface area (Å²) >= 11 is 9.38. The minimum Gasteiger partial charge on any atom is -0.350 e. The molecular weight excluding hydrogens is 345 g/mol. The molecule has 2 nitrogen and oxygen atoms in total. The summed E-state index contributed by atoms with van der Waals surface area (Å²) in [4.78, 5) is 11.7. The van der Waals surface area contributed by atoms with Crippen LogP contribution in [0.4, 0.5) is 0 Å². The third-order valence-corrected chi connectivity index (χ3v) is 4.03. The summed E-state index contributed by atoms with van der Waals surface area (Å²) in [5, 5.41) is 4.83. The minimum absolute atomic E-state index is 0.0104. The Labute approximate surface area is 113 Å². The van der Waals surface area contributed by atoms with E-state index in [1.54, 1.807) is 11.3 Å². The summed E-state index contributed by atoms with van der Waals surface area (Å²) < 4.78 is 1.13. The molecule has 1 N–H and O–H groups in total. The van der Waals surface area contributed by atoms with Crippen molar-refractivity contribution in [1.29, 1.82) is 0 Å². The summed E-state index contributed by atoms with van der Waals surface area (Å²) in [5.41, 5.74) is 0.752. The molecule has 1 rings (SSSR count). The molecule has 1 aromatic heterocycles. The number of hydrogen-bond donors (Lipinski definition) is 1. The van der Waals surface area contributed by atoms with E-state index < -0.39 is 0 Å². The highest BCUT2D eigenvalue weighted by molar-refractivity contribution is 14.1. The largest absolute Gasteiger partial charge is 0.350 e. The van der Waals surface area contributed by atoms with Crippen molar-refractivity contribution in [2.75, 3.05) is 5.88 Å². The lowest BCUT2D eigenvalue weighted by Crippen LogP contribution is -2.32. The van der Waals surface area contributed by atoms with Crippen molar-refractivity contribution < 1.29 is 4.79 Å². The number of rotatable bonds is 5. The highest BCUT2D eigenvalue weighted by Crippen LogP contribution is 2.16. The van der Waals surface area contributed by atoms with Crippen LogP contribution in [0.15, 0.2) is 11.4 Å². The number of carbonyl (C=O) groups is 1. The zero-order chi connectivity index (χ0) is 11.3. The smallest absolute Gasteiger partial charge is 0.252 e. The number of hydrogen-bond acceptors (Lipinski definition) is 2. The van der Waals surface area contributed by atoms with Crippen molar-refractivity contribution in [2.24, 2.45) is 0 Å². The highest BCUT2D eigenvalue weighted by Gasteiger charge is 2.10. The zero-order valence-corrected chi connectivity index (χ0v) is 12.2. The second-order valence-electron chi connectivity index (χ2n) is 3.35. The van der Waals surface area contributed by atoms with Crippen molar-refractivity contribution in [2.45, 2.75) is 25.8 Å². The first kappa shape index (κ1) is 13.3. The van der Waals surface area contributed by atoms with Gasteiger partial charge in [0, 0.05) is 17.3 Å². The van der Waals surface area contributed by atoms with E-state index in [-0.39, 0.29) is 11.9 Å². The Balaban J connectivity index is 2.42. The van der Waals surface area contributed by atoms with Crippen LogP contribution in [0.5, 0.6) is 0 Å². The maximum atomic E-state index is 11.7. The fourth-order valence-corrected chi connectivity index (χ4v) is 2.67. The van der Waals surface area contributed by atoms with E-state index in [0.29, 0.717) is 5.88 Å². The molecule has 0 bridgehead atoms. The second kappa shape index (κ2) is 6.70. The first-order chi connectivity index (χ1) is 7.13. The van der Waals surface area contributed by atoms with Crippen LogP contribution < -0.4 is 5.32 Å². The van der Waals surface area contributed by atoms with E-state index in [1.165, 1.54) is 0 Å². The van der Waals surface area contributed by atoms with E-state index in [9.17, 15) is 4.79 Å². The van der Waals surface area contributed by atoms with Gasteiger partial charge in [-0.3, -0.25) is 4.79 Å². The third kappa shape index (κ3) is 4.70. The lowest BCUT2D eigenvalue weighted by molar-refractivity contribution is 0.0939. The average molecular weight is 358 g/mol. The maximum Gasteiger partial charge on any atom is 0.252 e. The fraction of sp³-hybridized carbons (Fsp3) is 0.500. The molecule has 0 fully saturated rings. The Morgan fingerprint density at radius 2 is 2.47 bits per heavy atom. The summed E-state index contributed by atoms with van der Waals surface area (Å²) in [6.45, 7) is 2.00. The summed E-state index contributed by atoms with van der Waals surface area (Å²) in [6.07, 6.45) is 1.86. The Kier molecular flexibility index (Phi) is 5.92. The van der Waals surface area contributed by atoms with Gasteiger partial charge in [-0.2, -0.15) is 0 Å². The van der Waals surface area contributed by atoms with Crippen LogP contribution in [0.3, 0.4) is 0 Å². The molecule has 84 valence electrons. The maximum absolute atomic E-state index is 11.7. The third-order valence-electron chi connectivity index (χ3n) is 1.98. The molecule has 0 radical (unpaired) electrons. The molecule has 0 aliphatic rings. The van der Waals surface area contributed by atoms with Gasteiger partial charge in [-0.05, 0) is 48.4 Å². The highest BCUT2D eigenvalue weighted by atomic mass is 127. The van der Waals surface area contributed by atoms with Gasteiger partial charge in [-0.25, -0.2) is 0 Å². The average Bonchev–Trinajstić information content (AvgIpc) is 2.61. The molecule has 1 atom stereocenters. The summed E-state index contributed by atoms with van der Waals surface area (Å²) in [5.74, 6) is 0.660. The first-order valence-electron chi connectivity index (χ1n) is 4.74. The number of amides is 1. The molecule has 0 aliphatic heterocycles. The summed E-state index contributed by atoms with van der Waals surface area (Å²) in [6, 6.07) is 2.09. The van der Waals surface area contributed by atoms with Crippen LogP contribution in [0.25, 0.3) is 0 Å². The number of thiophene rings is 1. The molecule has 1 unspecified atom stereocenters. The Bertz CT molecular complexity index is 329. The number of alkyl halides is 1. The van der Waals surface area contributed by atoms with Gasteiger partial charge in [0.15, 0.2) is 0 Å². The monoisotopic (exact) mass is 357 g/mol. The van der Waals surface area contributed by atoms with Crippen molar-refractivity contribution in [3.05, 3.63) is 19.9 Å². The molecule has 0 aromatic carbocycles. The Hall–Kier alpha value is 0.190. The van der Waals surface area contributed by atoms with E-state index in [4.69, 9.17) is 11.6 Å². The summed E-state index contributed by atoms with van der Waals surface area (Å²) in [7, 11) is 0. The molecule has 5 heteroatoms. The lowest BCUT2D eigenvalue weighted by atomic mass is 10.2. The van der Waals surface area contributed by atoms with Gasteiger partial charge < -0.3 is 5.32 Å². The van der Waals surface area contributed by atoms with Crippen LogP contribution in [0.2, 0.25) is 0 Å². The SMILES string of the molecule is CC(CCCCl)NC(=O)c1csc(I)c1. The molecule has 1 amide bonds. The predicted octanol–water partition coefficient (Wildman–Crippen LogP) is 3.49. The molecule has 15 heavy (non-hydrogen) atoms. The number of nitrogens with one attached hydrogen (secondary N) is 1. The molecule has 0 aliphatic carbocycles. The predicted molar refractivity (Wildman–Crippen MR) is 73.9 cm³/mol. The van der Waals surface area contributed by atoms with E-state index in [0.717, 1.165) is 21.3 Å². The van der Waals surface area contributed by atoms with Gasteiger partial charge >= 0.3 is 0 Å². The minimum atomic E-state index is 0.0104. The van der Waals surface area contributed by atoms with Crippen molar-refractivity contribution in [3.8, 4) is 0 Å². The standard InChI is InChI=1S/C10H13ClINOS/c1-7(3-2-4-11)13-10(14)8-5-9(12)15-6-8/h5-7H,2-4H2,1H3,(H,13,14). The van der Waals surface area contributed by atoms with Gasteiger partial charge in [0.1, 0.15) is 0 Å². The van der Waals surface area contributed by atoms with Crippen LogP contribution in [0.1, 0.15) is 30.1 Å². The molecular formula is C10H13ClINOS. The van der Waals surface area contributed by atoms with Gasteiger partial charge in [0.05, 0.1) is 8.45 Å². The van der Waals surface area contributed by atoms with Crippen LogP contribution in [-0.4, -0.2) is 17.8 Å². The topological polar surface area (TPSA) is 29.1 Å². The van der Waals surface area contributed by atoms with Crippen molar-refractivity contribution in [1.82, 2.24) is 5.32 Å². The second-order valence-corrected chi connectivity index (χ2v) is 6.53. The molecule has 0 saturated heterocycles. The normalized spacial score (nSPS) is 12.5. The van der Waals surface area contributed by atoms with Gasteiger partial charge in [-0.15, -0.1) is 22.9 Å². The van der Waals surface area contributed by atoms with Crippen LogP contribution in [0, 0.1) is 2.88 Å². The zero-order valence-electron chi connectivity index (χ0n) is 8.43. The van der Waals surface area contributed by atoms with Gasteiger partial charge in [-0.1, -0.05) is 0 Å². The Morgan fingerprint density at radius 3 is 3.00 bits per heavy atom. The Morgan fingerprint density at radius 1 is 1.73 bits per heavy atom. The molecule has 0 saturated carbocycles. The van der Waals surface area contributed by atoms with Gasteiger partial charge in [0.25, 0.3) is 5.91 Å². The fourth-order valence-electron chi connectivity index (χ4n) is 1.19. The molecule has 1 aromatic rings. The lowest BCUT2D eigenvalue weighted by Gasteiger charge is -2.12. The molecule has 0 spiro atoms. The van der Waals surface area contributed by atoms with E-state index in [2.05, 4.69) is 27.9 Å². The van der Waals surface area contributed by atoms with Gasteiger partial charge in [0.2, 0.25) is 0 Å². The quantitative estimate of drug-likeness (QED) is 0.634. The van der Waals surface area contributed by atoms with Crippen LogP contribution >= 0.6 is 45.5 Å². The van der Waals surface area contributed by atoms with E-state index >= 15 is 0 Å². The van der Waals surface area contributed by atoms with E-state index in [1.807, 2.05) is 18.4 Å². The number of halogens is 2. The van der Waals surface area contributed by atoms with Crippen LogP contribution in [-0.2, 0) is 0 Å². The first-order valence-corrected chi connectivity index (χ1v) is 7.23. The van der Waals surface area contributed by atoms with Crippen molar-refractivity contribution >= 4 is 51.4 Å².